The van der Waals surface area contributed by atoms with Crippen molar-refractivity contribution >= 4 is 28.3 Å². The molecule has 0 unspecified atom stereocenters. The number of anilines is 1. The van der Waals surface area contributed by atoms with Gasteiger partial charge < -0.3 is 14.7 Å². The van der Waals surface area contributed by atoms with Crippen LogP contribution in [-0.2, 0) is 11.2 Å². The molecule has 2 aliphatic rings. The van der Waals surface area contributed by atoms with Crippen molar-refractivity contribution in [2.75, 3.05) is 26.0 Å². The Morgan fingerprint density at radius 2 is 2.08 bits per heavy atom. The zero-order chi connectivity index (χ0) is 26.2. The number of thiazole rings is 1. The molecule has 0 saturated heterocycles. The van der Waals surface area contributed by atoms with Gasteiger partial charge in [0, 0.05) is 35.9 Å². The van der Waals surface area contributed by atoms with Crippen molar-refractivity contribution in [3.05, 3.63) is 53.1 Å². The van der Waals surface area contributed by atoms with Gasteiger partial charge in [0.1, 0.15) is 5.75 Å². The lowest BCUT2D eigenvalue weighted by Crippen LogP contribution is -2.53. The largest absolute Gasteiger partial charge is 0.497 e. The minimum Gasteiger partial charge on any atom is -0.497 e. The highest BCUT2D eigenvalue weighted by molar-refractivity contribution is 7.15. The van der Waals surface area contributed by atoms with Crippen LogP contribution in [0, 0.1) is 23.2 Å². The summed E-state index contributed by atoms with van der Waals surface area (Å²) >= 11 is 1.53. The van der Waals surface area contributed by atoms with Crippen molar-refractivity contribution in [2.24, 2.45) is 23.2 Å². The molecule has 0 bridgehead atoms. The van der Waals surface area contributed by atoms with E-state index in [1.807, 2.05) is 6.92 Å². The molecule has 0 radical (unpaired) electrons. The van der Waals surface area contributed by atoms with E-state index >= 15 is 0 Å². The summed E-state index contributed by atoms with van der Waals surface area (Å²) in [6, 6.07) is 6.97. The van der Waals surface area contributed by atoms with Gasteiger partial charge in [-0.2, -0.15) is 0 Å². The molecule has 2 N–H and O–H groups in total. The summed E-state index contributed by atoms with van der Waals surface area (Å²) in [6.07, 6.45) is 3.69. The molecule has 0 spiro atoms. The SMILES string of the molecule is C=CCN(C)C(=O)[C@@H](C)[C@@H]1CC[C@]2(C)Cc3sc(NC(=O)c4ccc(OC)cc4)nc3[C@H](C)[C@@H]2[C@H]1O. The van der Waals surface area contributed by atoms with E-state index < -0.39 is 6.10 Å². The molecule has 1 aromatic heterocycles. The molecule has 1 fully saturated rings. The second-order valence-electron chi connectivity index (χ2n) is 10.6. The van der Waals surface area contributed by atoms with E-state index in [1.54, 1.807) is 49.4 Å². The Kier molecular flexibility index (Phi) is 7.57. The van der Waals surface area contributed by atoms with E-state index in [9.17, 15) is 14.7 Å². The van der Waals surface area contributed by atoms with E-state index in [0.717, 1.165) is 25.0 Å². The van der Waals surface area contributed by atoms with Gasteiger partial charge in [-0.1, -0.05) is 26.8 Å². The lowest BCUT2D eigenvalue weighted by Gasteiger charge is -2.53. The molecule has 36 heavy (non-hydrogen) atoms. The number of benzene rings is 1. The van der Waals surface area contributed by atoms with Crippen molar-refractivity contribution in [3.8, 4) is 5.75 Å². The Morgan fingerprint density at radius 3 is 2.72 bits per heavy atom. The van der Waals surface area contributed by atoms with Gasteiger partial charge in [0.05, 0.1) is 18.9 Å². The third kappa shape index (κ3) is 4.81. The fraction of sp³-hybridized carbons (Fsp3) is 0.536. The third-order valence-corrected chi connectivity index (χ3v) is 9.29. The van der Waals surface area contributed by atoms with Crippen molar-refractivity contribution < 1.29 is 19.4 Å². The highest BCUT2D eigenvalue weighted by Gasteiger charge is 2.54. The number of hydrogen-bond donors (Lipinski definition) is 2. The van der Waals surface area contributed by atoms with Crippen molar-refractivity contribution in [2.45, 2.75) is 52.1 Å². The molecular weight excluding hydrogens is 474 g/mol. The smallest absolute Gasteiger partial charge is 0.257 e. The summed E-state index contributed by atoms with van der Waals surface area (Å²) in [5.41, 5.74) is 1.41. The summed E-state index contributed by atoms with van der Waals surface area (Å²) in [5.74, 6) is 0.183. The molecule has 6 atom stereocenters. The number of methoxy groups -OCH3 is 1. The zero-order valence-corrected chi connectivity index (χ0v) is 22.6. The van der Waals surface area contributed by atoms with Crippen LogP contribution < -0.4 is 10.1 Å². The number of nitrogens with one attached hydrogen (secondary N) is 1. The van der Waals surface area contributed by atoms with Crippen LogP contribution in [0.3, 0.4) is 0 Å². The van der Waals surface area contributed by atoms with Gasteiger partial charge >= 0.3 is 0 Å². The van der Waals surface area contributed by atoms with Gasteiger partial charge in [0.2, 0.25) is 5.91 Å². The molecule has 194 valence electrons. The molecule has 2 amide bonds. The van der Waals surface area contributed by atoms with Crippen molar-refractivity contribution in [3.63, 3.8) is 0 Å². The Balaban J connectivity index is 1.53. The molecular formula is C28H37N3O4S. The number of hydrogen-bond acceptors (Lipinski definition) is 6. The predicted molar refractivity (Wildman–Crippen MR) is 143 cm³/mol. The number of aromatic nitrogens is 1. The van der Waals surface area contributed by atoms with Gasteiger partial charge in [0.15, 0.2) is 5.13 Å². The van der Waals surface area contributed by atoms with Crippen LogP contribution in [0.5, 0.6) is 5.75 Å². The molecule has 1 aromatic carbocycles. The number of likely N-dealkylation sites (N-methyl/N-ethyl adjacent to an activating group) is 1. The maximum Gasteiger partial charge on any atom is 0.257 e. The van der Waals surface area contributed by atoms with Gasteiger partial charge in [-0.3, -0.25) is 14.9 Å². The topological polar surface area (TPSA) is 91.8 Å². The number of amides is 2. The number of carbonyl (C=O) groups is 2. The molecule has 2 aliphatic carbocycles. The monoisotopic (exact) mass is 511 g/mol. The minimum atomic E-state index is -0.595. The Morgan fingerprint density at radius 1 is 1.39 bits per heavy atom. The van der Waals surface area contributed by atoms with Crippen LogP contribution in [0.25, 0.3) is 0 Å². The van der Waals surface area contributed by atoms with E-state index in [0.29, 0.717) is 23.0 Å². The van der Waals surface area contributed by atoms with Gasteiger partial charge in [-0.25, -0.2) is 4.98 Å². The standard InChI is InChI=1S/C28H37N3O4S/c1-7-14-31(5)26(34)16(2)20-12-13-28(4)15-21-23(17(3)22(28)24(20)32)29-27(36-21)30-25(33)18-8-10-19(35-6)11-9-18/h7-11,16-17,20,22,24,32H,1,12-15H2,2-6H3,(H,29,30,33)/t16-,17+,20-,22+,24-,28+/m0/s1. The number of fused-ring (bicyclic) bond motifs is 2. The molecule has 0 aliphatic heterocycles. The molecule has 4 rings (SSSR count). The van der Waals surface area contributed by atoms with Crippen LogP contribution in [0.1, 0.15) is 60.5 Å². The first-order chi connectivity index (χ1) is 17.1. The van der Waals surface area contributed by atoms with E-state index in [4.69, 9.17) is 9.72 Å². The maximum absolute atomic E-state index is 13.0. The maximum atomic E-state index is 13.0. The third-order valence-electron chi connectivity index (χ3n) is 8.31. The fourth-order valence-electron chi connectivity index (χ4n) is 6.33. The number of carbonyl (C=O) groups excluding carboxylic acids is 2. The van der Waals surface area contributed by atoms with Crippen molar-refractivity contribution in [1.29, 1.82) is 0 Å². The first kappa shape index (κ1) is 26.4. The summed E-state index contributed by atoms with van der Waals surface area (Å²) in [5, 5.41) is 15.1. The number of aliphatic hydroxyl groups is 1. The van der Waals surface area contributed by atoms with Gasteiger partial charge in [-0.15, -0.1) is 17.9 Å². The summed E-state index contributed by atoms with van der Waals surface area (Å²) < 4.78 is 5.17. The van der Waals surface area contributed by atoms with Gasteiger partial charge in [0.25, 0.3) is 5.91 Å². The van der Waals surface area contributed by atoms with Crippen LogP contribution in [0.4, 0.5) is 5.13 Å². The lowest BCUT2D eigenvalue weighted by molar-refractivity contribution is -0.143. The van der Waals surface area contributed by atoms with Crippen LogP contribution in [-0.4, -0.2) is 53.6 Å². The molecule has 8 heteroatoms. The van der Waals surface area contributed by atoms with Crippen molar-refractivity contribution in [1.82, 2.24) is 9.88 Å². The second kappa shape index (κ2) is 10.3. The van der Waals surface area contributed by atoms with E-state index in [-0.39, 0.29) is 40.9 Å². The highest BCUT2D eigenvalue weighted by atomic mass is 32.1. The second-order valence-corrected chi connectivity index (χ2v) is 11.7. The number of rotatable bonds is 7. The van der Waals surface area contributed by atoms with Crippen LogP contribution >= 0.6 is 11.3 Å². The van der Waals surface area contributed by atoms with Gasteiger partial charge in [-0.05, 0) is 60.8 Å². The minimum absolute atomic E-state index is 0.00375. The molecule has 1 saturated carbocycles. The van der Waals surface area contributed by atoms with Crippen LogP contribution in [0.2, 0.25) is 0 Å². The fourth-order valence-corrected chi connectivity index (χ4v) is 7.59. The Hall–Kier alpha value is -2.71. The molecule has 1 heterocycles. The summed E-state index contributed by atoms with van der Waals surface area (Å²) in [7, 11) is 3.37. The van der Waals surface area contributed by atoms with E-state index in [2.05, 4.69) is 25.7 Å². The summed E-state index contributed by atoms with van der Waals surface area (Å²) in [4.78, 5) is 33.4. The van der Waals surface area contributed by atoms with Crippen LogP contribution in [0.15, 0.2) is 36.9 Å². The number of aliphatic hydroxyl groups excluding tert-OH is 1. The summed E-state index contributed by atoms with van der Waals surface area (Å²) in [6.45, 7) is 10.5. The van der Waals surface area contributed by atoms with E-state index in [1.165, 1.54) is 16.2 Å². The number of nitrogens with zero attached hydrogens (tertiary/aromatic N) is 2. The molecule has 7 nitrogen and oxygen atoms in total. The average molecular weight is 512 g/mol. The average Bonchev–Trinajstić information content (AvgIpc) is 3.25. The highest BCUT2D eigenvalue weighted by Crippen LogP contribution is 2.57. The Labute approximate surface area is 217 Å². The number of ether oxygens (including phenoxy) is 1. The first-order valence-electron chi connectivity index (χ1n) is 12.6. The molecule has 2 aromatic rings. The lowest BCUT2D eigenvalue weighted by atomic mass is 9.53. The first-order valence-corrected chi connectivity index (χ1v) is 13.4. The normalized spacial score (nSPS) is 27.8. The predicted octanol–water partition coefficient (Wildman–Crippen LogP) is 4.74. The quantitative estimate of drug-likeness (QED) is 0.524. The Bertz CT molecular complexity index is 1130. The zero-order valence-electron chi connectivity index (χ0n) is 21.8.